The topological polar surface area (TPSA) is 65.8 Å². The molecule has 1 aliphatic heterocycles. The predicted octanol–water partition coefficient (Wildman–Crippen LogP) is 6.49. The number of aromatic hydroxyl groups is 2. The van der Waals surface area contributed by atoms with E-state index in [1.54, 1.807) is 24.3 Å². The molecule has 0 amide bonds. The summed E-state index contributed by atoms with van der Waals surface area (Å²) in [6.07, 6.45) is 2.32. The molecule has 5 heteroatoms. The molecule has 172 valence electrons. The average molecular weight is 453 g/mol. The predicted molar refractivity (Wildman–Crippen MR) is 136 cm³/mol. The van der Waals surface area contributed by atoms with Crippen molar-refractivity contribution in [2.24, 2.45) is 0 Å². The van der Waals surface area contributed by atoms with E-state index in [1.807, 2.05) is 49.4 Å². The molecular formula is C29H28N2O3. The maximum atomic E-state index is 9.83. The number of aromatic nitrogens is 1. The van der Waals surface area contributed by atoms with Crippen molar-refractivity contribution in [3.8, 4) is 50.9 Å². The number of nitrogens with zero attached hydrogens (tertiary/aromatic N) is 2. The van der Waals surface area contributed by atoms with Gasteiger partial charge in [-0.2, -0.15) is 0 Å². The largest absolute Gasteiger partial charge is 0.508 e. The molecule has 0 aliphatic carbocycles. The van der Waals surface area contributed by atoms with Crippen LogP contribution in [0.2, 0.25) is 0 Å². The third-order valence-electron chi connectivity index (χ3n) is 6.21. The van der Waals surface area contributed by atoms with Crippen LogP contribution in [0.4, 0.5) is 5.69 Å². The summed E-state index contributed by atoms with van der Waals surface area (Å²) in [5, 5.41) is 19.6. The number of hydrogen-bond donors (Lipinski definition) is 2. The van der Waals surface area contributed by atoms with Gasteiger partial charge in [-0.1, -0.05) is 30.3 Å². The van der Waals surface area contributed by atoms with Crippen LogP contribution in [0.3, 0.4) is 0 Å². The summed E-state index contributed by atoms with van der Waals surface area (Å²) >= 11 is 0. The first-order valence-corrected chi connectivity index (χ1v) is 11.7. The molecule has 0 atom stereocenters. The summed E-state index contributed by atoms with van der Waals surface area (Å²) in [5.41, 5.74) is 6.68. The number of para-hydroxylation sites is 1. The minimum absolute atomic E-state index is 0.227. The van der Waals surface area contributed by atoms with Gasteiger partial charge in [0.15, 0.2) is 0 Å². The van der Waals surface area contributed by atoms with Crippen LogP contribution in [0.15, 0.2) is 78.9 Å². The van der Waals surface area contributed by atoms with Crippen LogP contribution < -0.4 is 9.64 Å². The highest BCUT2D eigenvalue weighted by Crippen LogP contribution is 2.43. The van der Waals surface area contributed by atoms with E-state index in [0.29, 0.717) is 6.61 Å². The first kappa shape index (κ1) is 21.8. The molecule has 5 nitrogen and oxygen atoms in total. The fourth-order valence-corrected chi connectivity index (χ4v) is 4.58. The number of phenolic OH excluding ortho intramolecular Hbond substituents is 2. The van der Waals surface area contributed by atoms with Crippen LogP contribution in [0.25, 0.3) is 33.6 Å². The third-order valence-corrected chi connectivity index (χ3v) is 6.21. The molecule has 0 unspecified atom stereocenters. The molecule has 2 heterocycles. The molecule has 1 aliphatic rings. The van der Waals surface area contributed by atoms with Gasteiger partial charge in [0, 0.05) is 29.8 Å². The molecule has 0 saturated carbocycles. The van der Waals surface area contributed by atoms with Gasteiger partial charge in [-0.3, -0.25) is 0 Å². The zero-order chi connectivity index (χ0) is 23.5. The Hall–Kier alpha value is -3.99. The molecule has 34 heavy (non-hydrogen) atoms. The Morgan fingerprint density at radius 2 is 1.41 bits per heavy atom. The molecule has 1 aromatic heterocycles. The van der Waals surface area contributed by atoms with Crippen LogP contribution in [0.1, 0.15) is 19.8 Å². The number of anilines is 1. The normalized spacial score (nSPS) is 13.3. The van der Waals surface area contributed by atoms with Gasteiger partial charge in [-0.05, 0) is 73.9 Å². The lowest BCUT2D eigenvalue weighted by atomic mass is 9.96. The average Bonchev–Trinajstić information content (AvgIpc) is 3.39. The van der Waals surface area contributed by atoms with Crippen molar-refractivity contribution in [2.75, 3.05) is 24.6 Å². The molecule has 2 N–H and O–H groups in total. The first-order valence-electron chi connectivity index (χ1n) is 11.7. The summed E-state index contributed by atoms with van der Waals surface area (Å²) in [6.45, 7) is 4.58. The van der Waals surface area contributed by atoms with Crippen LogP contribution in [-0.4, -0.2) is 34.9 Å². The minimum atomic E-state index is 0.227. The second kappa shape index (κ2) is 9.48. The highest BCUT2D eigenvalue weighted by molar-refractivity contribution is 5.91. The first-order chi connectivity index (χ1) is 16.6. The Bertz CT molecular complexity index is 1280. The van der Waals surface area contributed by atoms with Crippen LogP contribution >= 0.6 is 0 Å². The Balaban J connectivity index is 1.74. The Kier molecular flexibility index (Phi) is 6.09. The molecule has 0 spiro atoms. The van der Waals surface area contributed by atoms with E-state index in [0.717, 1.165) is 71.0 Å². The number of phenols is 2. The van der Waals surface area contributed by atoms with Gasteiger partial charge < -0.3 is 19.8 Å². The molecule has 4 aromatic rings. The lowest BCUT2D eigenvalue weighted by Crippen LogP contribution is -2.20. The van der Waals surface area contributed by atoms with Crippen LogP contribution in [0, 0.1) is 0 Å². The molecular weight excluding hydrogens is 424 g/mol. The van der Waals surface area contributed by atoms with E-state index in [1.165, 1.54) is 0 Å². The third kappa shape index (κ3) is 4.29. The number of benzene rings is 3. The second-order valence-corrected chi connectivity index (χ2v) is 8.47. The summed E-state index contributed by atoms with van der Waals surface area (Å²) < 4.78 is 6.07. The van der Waals surface area contributed by atoms with Gasteiger partial charge in [0.25, 0.3) is 0 Å². The number of hydrogen-bond acceptors (Lipinski definition) is 5. The van der Waals surface area contributed by atoms with Crippen molar-refractivity contribution in [2.45, 2.75) is 19.8 Å². The van der Waals surface area contributed by atoms with E-state index in [2.05, 4.69) is 17.0 Å². The quantitative estimate of drug-likeness (QED) is 0.350. The van der Waals surface area contributed by atoms with Gasteiger partial charge in [-0.15, -0.1) is 0 Å². The van der Waals surface area contributed by atoms with E-state index < -0.39 is 0 Å². The Morgan fingerprint density at radius 3 is 2.06 bits per heavy atom. The Morgan fingerprint density at radius 1 is 0.765 bits per heavy atom. The smallest absolute Gasteiger partial charge is 0.143 e. The van der Waals surface area contributed by atoms with E-state index in [-0.39, 0.29) is 11.5 Å². The maximum absolute atomic E-state index is 9.83. The second-order valence-electron chi connectivity index (χ2n) is 8.47. The molecule has 3 aromatic carbocycles. The van der Waals surface area contributed by atoms with Crippen molar-refractivity contribution in [1.29, 1.82) is 0 Å². The monoisotopic (exact) mass is 452 g/mol. The SMILES string of the molecule is CCOc1cccc(-c2nc(-c3ccc(O)cc3)ccc2-c2ccc(O)cc2)c1N1CCCC1. The fraction of sp³-hybridized carbons (Fsp3) is 0.207. The molecule has 0 bridgehead atoms. The summed E-state index contributed by atoms with van der Waals surface area (Å²) in [7, 11) is 0. The lowest BCUT2D eigenvalue weighted by molar-refractivity contribution is 0.341. The van der Waals surface area contributed by atoms with Gasteiger partial charge >= 0.3 is 0 Å². The highest BCUT2D eigenvalue weighted by atomic mass is 16.5. The van der Waals surface area contributed by atoms with Crippen molar-refractivity contribution in [3.05, 3.63) is 78.9 Å². The number of ether oxygens (including phenoxy) is 1. The van der Waals surface area contributed by atoms with Gasteiger partial charge in [0.1, 0.15) is 17.2 Å². The summed E-state index contributed by atoms with van der Waals surface area (Å²) in [5.74, 6) is 1.33. The van der Waals surface area contributed by atoms with Crippen molar-refractivity contribution >= 4 is 5.69 Å². The summed E-state index contributed by atoms with van der Waals surface area (Å²) in [4.78, 5) is 7.55. The molecule has 1 saturated heterocycles. The van der Waals surface area contributed by atoms with Gasteiger partial charge in [-0.25, -0.2) is 4.98 Å². The zero-order valence-corrected chi connectivity index (χ0v) is 19.2. The van der Waals surface area contributed by atoms with Crippen LogP contribution in [0.5, 0.6) is 17.2 Å². The maximum Gasteiger partial charge on any atom is 0.143 e. The van der Waals surface area contributed by atoms with Crippen molar-refractivity contribution in [1.82, 2.24) is 4.98 Å². The number of pyridine rings is 1. The lowest BCUT2D eigenvalue weighted by Gasteiger charge is -2.25. The number of rotatable bonds is 6. The van der Waals surface area contributed by atoms with Crippen molar-refractivity contribution in [3.63, 3.8) is 0 Å². The van der Waals surface area contributed by atoms with E-state index in [4.69, 9.17) is 9.72 Å². The summed E-state index contributed by atoms with van der Waals surface area (Å²) in [6, 6.07) is 24.6. The standard InChI is InChI=1S/C29H28N2O3/c1-2-34-27-7-5-6-25(29(27)31-18-3-4-19-31)28-24(20-8-12-22(32)13-9-20)16-17-26(30-28)21-10-14-23(33)15-11-21/h5-17,32-33H,2-4,18-19H2,1H3. The Labute approximate surface area is 199 Å². The molecule has 0 radical (unpaired) electrons. The zero-order valence-electron chi connectivity index (χ0n) is 19.2. The molecule has 5 rings (SSSR count). The highest BCUT2D eigenvalue weighted by Gasteiger charge is 2.24. The van der Waals surface area contributed by atoms with Gasteiger partial charge in [0.2, 0.25) is 0 Å². The van der Waals surface area contributed by atoms with E-state index in [9.17, 15) is 10.2 Å². The van der Waals surface area contributed by atoms with Crippen molar-refractivity contribution < 1.29 is 14.9 Å². The molecule has 1 fully saturated rings. The van der Waals surface area contributed by atoms with Crippen LogP contribution in [-0.2, 0) is 0 Å². The fourth-order valence-electron chi connectivity index (χ4n) is 4.58. The van der Waals surface area contributed by atoms with Gasteiger partial charge in [0.05, 0.1) is 23.7 Å². The van der Waals surface area contributed by atoms with E-state index >= 15 is 0 Å². The minimum Gasteiger partial charge on any atom is -0.508 e.